The van der Waals surface area contributed by atoms with Crippen LogP contribution in [0.25, 0.3) is 0 Å². The van der Waals surface area contributed by atoms with Gasteiger partial charge in [0.2, 0.25) is 0 Å². The minimum Gasteiger partial charge on any atom is -0.427 e. The first-order valence-corrected chi connectivity index (χ1v) is 9.60. The Kier molecular flexibility index (Phi) is 5.67. The Labute approximate surface area is 130 Å². The van der Waals surface area contributed by atoms with Crippen molar-refractivity contribution in [2.24, 2.45) is 23.7 Å². The fourth-order valence-corrected chi connectivity index (χ4v) is 5.64. The van der Waals surface area contributed by atoms with Gasteiger partial charge in [-0.05, 0) is 35.9 Å². The van der Waals surface area contributed by atoms with Crippen molar-refractivity contribution in [2.45, 2.75) is 89.3 Å². The van der Waals surface area contributed by atoms with E-state index in [1.807, 2.05) is 0 Å². The lowest BCUT2D eigenvalue weighted by Crippen LogP contribution is -2.31. The molecule has 120 valence electrons. The van der Waals surface area contributed by atoms with E-state index >= 15 is 0 Å². The summed E-state index contributed by atoms with van der Waals surface area (Å²) in [7, 11) is -1.08. The number of hydrogen-bond donors (Lipinski definition) is 2. The topological polar surface area (TPSA) is 40.5 Å². The first-order valence-electron chi connectivity index (χ1n) is 9.60. The summed E-state index contributed by atoms with van der Waals surface area (Å²) < 4.78 is 0. The van der Waals surface area contributed by atoms with Crippen molar-refractivity contribution in [2.75, 3.05) is 0 Å². The third kappa shape index (κ3) is 4.04. The van der Waals surface area contributed by atoms with E-state index < -0.39 is 7.12 Å². The molecule has 2 atom stereocenters. The molecule has 0 aromatic heterocycles. The summed E-state index contributed by atoms with van der Waals surface area (Å²) in [5.74, 6) is 4.04. The molecule has 21 heavy (non-hydrogen) atoms. The predicted octanol–water partition coefficient (Wildman–Crippen LogP) is 4.41. The minimum absolute atomic E-state index is 0.152. The Morgan fingerprint density at radius 2 is 1.05 bits per heavy atom. The monoisotopic (exact) mass is 292 g/mol. The van der Waals surface area contributed by atoms with Crippen LogP contribution in [0.2, 0.25) is 5.82 Å². The van der Waals surface area contributed by atoms with E-state index in [1.165, 1.54) is 70.6 Å². The molecule has 0 bridgehead atoms. The smallest absolute Gasteiger partial charge is 0.427 e. The quantitative estimate of drug-likeness (QED) is 0.757. The maximum atomic E-state index is 9.34. The van der Waals surface area contributed by atoms with Gasteiger partial charge in [-0.3, -0.25) is 0 Å². The Morgan fingerprint density at radius 3 is 1.62 bits per heavy atom. The highest BCUT2D eigenvalue weighted by Gasteiger charge is 2.36. The highest BCUT2D eigenvalue weighted by atomic mass is 16.4. The first kappa shape index (κ1) is 15.9. The van der Waals surface area contributed by atoms with Gasteiger partial charge in [0.25, 0.3) is 0 Å². The van der Waals surface area contributed by atoms with Crippen LogP contribution in [-0.2, 0) is 0 Å². The second-order valence-electron chi connectivity index (χ2n) is 8.17. The molecule has 0 radical (unpaired) electrons. The zero-order valence-electron chi connectivity index (χ0n) is 13.6. The standard InChI is InChI=1S/C18H33BO2/c20-19(21)18-11-9-15(10-12-18)17-8-4-7-16(13-17)14-5-2-1-3-6-14/h14-18,20-21H,1-13H2. The molecule has 3 heteroatoms. The molecule has 2 unspecified atom stereocenters. The van der Waals surface area contributed by atoms with Crippen molar-refractivity contribution in [1.82, 2.24) is 0 Å². The molecule has 0 saturated heterocycles. The largest absolute Gasteiger partial charge is 0.454 e. The molecule has 0 heterocycles. The van der Waals surface area contributed by atoms with Crippen LogP contribution < -0.4 is 0 Å². The van der Waals surface area contributed by atoms with Crippen molar-refractivity contribution in [3.05, 3.63) is 0 Å². The van der Waals surface area contributed by atoms with Gasteiger partial charge in [-0.15, -0.1) is 0 Å². The van der Waals surface area contributed by atoms with Crippen molar-refractivity contribution < 1.29 is 10.0 Å². The molecule has 0 spiro atoms. The highest BCUT2D eigenvalue weighted by Crippen LogP contribution is 2.46. The van der Waals surface area contributed by atoms with E-state index in [2.05, 4.69) is 0 Å². The number of hydrogen-bond acceptors (Lipinski definition) is 2. The maximum Gasteiger partial charge on any atom is 0.454 e. The molecule has 0 amide bonds. The lowest BCUT2D eigenvalue weighted by Gasteiger charge is -2.41. The summed E-state index contributed by atoms with van der Waals surface area (Å²) in [5.41, 5.74) is 0. The van der Waals surface area contributed by atoms with E-state index in [0.717, 1.165) is 36.5 Å². The lowest BCUT2D eigenvalue weighted by atomic mass is 9.59. The fourth-order valence-electron chi connectivity index (χ4n) is 5.64. The average Bonchev–Trinajstić information content (AvgIpc) is 2.56. The van der Waals surface area contributed by atoms with Crippen LogP contribution in [0.4, 0.5) is 0 Å². The molecule has 3 aliphatic rings. The summed E-state index contributed by atoms with van der Waals surface area (Å²) in [6.45, 7) is 0. The Morgan fingerprint density at radius 1 is 0.524 bits per heavy atom. The van der Waals surface area contributed by atoms with Gasteiger partial charge in [-0.2, -0.15) is 0 Å². The van der Waals surface area contributed by atoms with E-state index in [4.69, 9.17) is 0 Å². The fraction of sp³-hybridized carbons (Fsp3) is 1.00. The third-order valence-corrected chi connectivity index (χ3v) is 6.98. The molecule has 3 fully saturated rings. The molecule has 2 nitrogen and oxygen atoms in total. The van der Waals surface area contributed by atoms with Crippen molar-refractivity contribution in [1.29, 1.82) is 0 Å². The zero-order chi connectivity index (χ0) is 14.7. The van der Waals surface area contributed by atoms with Crippen LogP contribution in [0, 0.1) is 23.7 Å². The van der Waals surface area contributed by atoms with Gasteiger partial charge in [0, 0.05) is 0 Å². The van der Waals surface area contributed by atoms with Crippen LogP contribution in [0.3, 0.4) is 0 Å². The van der Waals surface area contributed by atoms with E-state index in [9.17, 15) is 10.0 Å². The minimum atomic E-state index is -1.08. The average molecular weight is 292 g/mol. The molecule has 0 aliphatic heterocycles. The predicted molar refractivity (Wildman–Crippen MR) is 87.9 cm³/mol. The van der Waals surface area contributed by atoms with Crippen LogP contribution >= 0.6 is 0 Å². The summed E-state index contributed by atoms with van der Waals surface area (Å²) in [6.07, 6.45) is 17.9. The first-order chi connectivity index (χ1) is 10.2. The zero-order valence-corrected chi connectivity index (χ0v) is 13.6. The van der Waals surface area contributed by atoms with Crippen LogP contribution in [-0.4, -0.2) is 17.2 Å². The van der Waals surface area contributed by atoms with Crippen molar-refractivity contribution in [3.63, 3.8) is 0 Å². The molecule has 2 N–H and O–H groups in total. The molecular formula is C18H33BO2. The van der Waals surface area contributed by atoms with Crippen LogP contribution in [0.15, 0.2) is 0 Å². The second kappa shape index (κ2) is 7.50. The Bertz CT molecular complexity index is 306. The SMILES string of the molecule is OB(O)C1CCC(C2CCCC(C3CCCCC3)C2)CC1. The van der Waals surface area contributed by atoms with Crippen molar-refractivity contribution in [3.8, 4) is 0 Å². The lowest BCUT2D eigenvalue weighted by molar-refractivity contribution is 0.109. The van der Waals surface area contributed by atoms with E-state index in [0.29, 0.717) is 0 Å². The van der Waals surface area contributed by atoms with Gasteiger partial charge in [0.15, 0.2) is 0 Å². The van der Waals surface area contributed by atoms with E-state index in [-0.39, 0.29) is 5.82 Å². The van der Waals surface area contributed by atoms with Gasteiger partial charge in [-0.25, -0.2) is 0 Å². The van der Waals surface area contributed by atoms with E-state index in [1.54, 1.807) is 0 Å². The molecular weight excluding hydrogens is 259 g/mol. The second-order valence-corrected chi connectivity index (χ2v) is 8.17. The molecule has 0 aromatic carbocycles. The highest BCUT2D eigenvalue weighted by molar-refractivity contribution is 6.43. The summed E-state index contributed by atoms with van der Waals surface area (Å²) >= 11 is 0. The number of rotatable bonds is 3. The summed E-state index contributed by atoms with van der Waals surface area (Å²) in [4.78, 5) is 0. The Hall–Kier alpha value is -0.0151. The Balaban J connectivity index is 1.49. The van der Waals surface area contributed by atoms with Gasteiger partial charge < -0.3 is 10.0 Å². The van der Waals surface area contributed by atoms with Crippen LogP contribution in [0.5, 0.6) is 0 Å². The van der Waals surface area contributed by atoms with Gasteiger partial charge >= 0.3 is 7.12 Å². The van der Waals surface area contributed by atoms with Gasteiger partial charge in [0.05, 0.1) is 0 Å². The van der Waals surface area contributed by atoms with Gasteiger partial charge in [-0.1, -0.05) is 77.0 Å². The summed E-state index contributed by atoms with van der Waals surface area (Å²) in [6, 6.07) is 0. The molecule has 3 aliphatic carbocycles. The maximum absolute atomic E-state index is 9.34. The van der Waals surface area contributed by atoms with Crippen molar-refractivity contribution >= 4 is 7.12 Å². The normalized spacial score (nSPS) is 39.1. The molecule has 3 rings (SSSR count). The van der Waals surface area contributed by atoms with Crippen LogP contribution in [0.1, 0.15) is 83.5 Å². The molecule has 3 saturated carbocycles. The molecule has 0 aromatic rings. The van der Waals surface area contributed by atoms with Gasteiger partial charge in [0.1, 0.15) is 0 Å². The summed E-state index contributed by atoms with van der Waals surface area (Å²) in [5, 5.41) is 18.7. The third-order valence-electron chi connectivity index (χ3n) is 6.98.